The van der Waals surface area contributed by atoms with E-state index in [4.69, 9.17) is 5.73 Å². The number of amides is 1. The first-order valence-electron chi connectivity index (χ1n) is 7.07. The van der Waals surface area contributed by atoms with Gasteiger partial charge in [0.1, 0.15) is 0 Å². The predicted molar refractivity (Wildman–Crippen MR) is 71.7 cm³/mol. The molecule has 0 heterocycles. The Morgan fingerprint density at radius 1 is 1.29 bits per heavy atom. The summed E-state index contributed by atoms with van der Waals surface area (Å²) in [5, 5.41) is 0. The second kappa shape index (κ2) is 7.70. The van der Waals surface area contributed by atoms with Crippen molar-refractivity contribution in [1.29, 1.82) is 0 Å². The Kier molecular flexibility index (Phi) is 6.56. The van der Waals surface area contributed by atoms with Crippen molar-refractivity contribution < 1.29 is 4.79 Å². The molecule has 1 rings (SSSR count). The minimum absolute atomic E-state index is 0.303. The van der Waals surface area contributed by atoms with Crippen molar-refractivity contribution >= 4 is 5.91 Å². The Balaban J connectivity index is 2.31. The molecule has 1 aliphatic rings. The minimum Gasteiger partial charge on any atom is -0.345 e. The number of hydrogen-bond donors (Lipinski definition) is 1. The zero-order valence-corrected chi connectivity index (χ0v) is 11.5. The normalized spacial score (nSPS) is 19.7. The number of carbonyl (C=O) groups is 1. The molecule has 0 saturated heterocycles. The summed E-state index contributed by atoms with van der Waals surface area (Å²) in [4.78, 5) is 13.9. The lowest BCUT2D eigenvalue weighted by atomic mass is 9.96. The summed E-state index contributed by atoms with van der Waals surface area (Å²) in [5.74, 6) is 1.33. The topological polar surface area (TPSA) is 46.3 Å². The third-order valence-electron chi connectivity index (χ3n) is 3.85. The van der Waals surface area contributed by atoms with Crippen LogP contribution in [0.15, 0.2) is 0 Å². The van der Waals surface area contributed by atoms with E-state index in [9.17, 15) is 4.79 Å². The molecular weight excluding hydrogens is 212 g/mol. The lowest BCUT2D eigenvalue weighted by Crippen LogP contribution is -2.34. The fraction of sp³-hybridized carbons (Fsp3) is 0.929. The van der Waals surface area contributed by atoms with Crippen molar-refractivity contribution in [3.63, 3.8) is 0 Å². The van der Waals surface area contributed by atoms with Gasteiger partial charge in [-0.05, 0) is 31.2 Å². The van der Waals surface area contributed by atoms with Gasteiger partial charge in [0, 0.05) is 20.0 Å². The van der Waals surface area contributed by atoms with Crippen LogP contribution in [0.25, 0.3) is 0 Å². The van der Waals surface area contributed by atoms with E-state index in [-0.39, 0.29) is 0 Å². The van der Waals surface area contributed by atoms with Gasteiger partial charge in [-0.3, -0.25) is 4.79 Å². The molecule has 100 valence electrons. The van der Waals surface area contributed by atoms with Crippen molar-refractivity contribution in [3.8, 4) is 0 Å². The van der Waals surface area contributed by atoms with Crippen LogP contribution in [-0.4, -0.2) is 30.9 Å². The summed E-state index contributed by atoms with van der Waals surface area (Å²) in [6.07, 6.45) is 8.54. The molecule has 3 nitrogen and oxygen atoms in total. The predicted octanol–water partition coefficient (Wildman–Crippen LogP) is 2.40. The van der Waals surface area contributed by atoms with E-state index in [1.165, 1.54) is 38.5 Å². The van der Waals surface area contributed by atoms with Gasteiger partial charge in [-0.25, -0.2) is 0 Å². The molecule has 0 aromatic carbocycles. The van der Waals surface area contributed by atoms with Gasteiger partial charge >= 0.3 is 0 Å². The smallest absolute Gasteiger partial charge is 0.222 e. The summed E-state index contributed by atoms with van der Waals surface area (Å²) in [6.45, 7) is 3.54. The van der Waals surface area contributed by atoms with Crippen LogP contribution in [0.5, 0.6) is 0 Å². The summed E-state index contributed by atoms with van der Waals surface area (Å²) < 4.78 is 0. The Bertz CT molecular complexity index is 222. The third kappa shape index (κ3) is 5.53. The highest BCUT2D eigenvalue weighted by atomic mass is 16.2. The second-order valence-electron chi connectivity index (χ2n) is 5.68. The monoisotopic (exact) mass is 240 g/mol. The maximum Gasteiger partial charge on any atom is 0.222 e. The first-order valence-corrected chi connectivity index (χ1v) is 7.07. The largest absolute Gasteiger partial charge is 0.345 e. The Morgan fingerprint density at radius 3 is 2.41 bits per heavy atom. The fourth-order valence-corrected chi connectivity index (χ4v) is 2.61. The van der Waals surface area contributed by atoms with E-state index in [0.29, 0.717) is 24.3 Å². The molecule has 0 aliphatic heterocycles. The Morgan fingerprint density at radius 2 is 1.88 bits per heavy atom. The molecule has 0 aromatic heterocycles. The SMILES string of the molecule is CC(CN)CN(C)C(=O)CC1CCCCCC1. The van der Waals surface area contributed by atoms with Crippen LogP contribution >= 0.6 is 0 Å². The molecular formula is C14H28N2O. The Labute approximate surface area is 106 Å². The molecule has 3 heteroatoms. The van der Waals surface area contributed by atoms with Crippen LogP contribution in [0.1, 0.15) is 51.9 Å². The molecule has 0 radical (unpaired) electrons. The third-order valence-corrected chi connectivity index (χ3v) is 3.85. The molecule has 1 unspecified atom stereocenters. The van der Waals surface area contributed by atoms with Gasteiger partial charge in [-0.1, -0.05) is 32.6 Å². The summed E-state index contributed by atoms with van der Waals surface area (Å²) in [7, 11) is 1.91. The molecule has 1 atom stereocenters. The number of nitrogens with two attached hydrogens (primary N) is 1. The van der Waals surface area contributed by atoms with E-state index in [0.717, 1.165) is 13.0 Å². The van der Waals surface area contributed by atoms with E-state index in [2.05, 4.69) is 6.92 Å². The van der Waals surface area contributed by atoms with Gasteiger partial charge in [-0.15, -0.1) is 0 Å². The minimum atomic E-state index is 0.303. The lowest BCUT2D eigenvalue weighted by Gasteiger charge is -2.23. The molecule has 1 amide bonds. The summed E-state index contributed by atoms with van der Waals surface area (Å²) in [6, 6.07) is 0. The standard InChI is InChI=1S/C14H28N2O/c1-12(10-15)11-16(2)14(17)9-13-7-5-3-4-6-8-13/h12-13H,3-11,15H2,1-2H3. The van der Waals surface area contributed by atoms with Gasteiger partial charge < -0.3 is 10.6 Å². The van der Waals surface area contributed by atoms with Crippen LogP contribution in [0.2, 0.25) is 0 Å². The van der Waals surface area contributed by atoms with Gasteiger partial charge in [0.05, 0.1) is 0 Å². The van der Waals surface area contributed by atoms with Crippen LogP contribution < -0.4 is 5.73 Å². The zero-order valence-electron chi connectivity index (χ0n) is 11.5. The highest BCUT2D eigenvalue weighted by molar-refractivity contribution is 5.76. The molecule has 1 aliphatic carbocycles. The van der Waals surface area contributed by atoms with Crippen molar-refractivity contribution in [2.24, 2.45) is 17.6 Å². The fourth-order valence-electron chi connectivity index (χ4n) is 2.61. The average molecular weight is 240 g/mol. The Hall–Kier alpha value is -0.570. The summed E-state index contributed by atoms with van der Waals surface area (Å²) in [5.41, 5.74) is 5.59. The maximum atomic E-state index is 12.1. The zero-order chi connectivity index (χ0) is 12.7. The number of rotatable bonds is 5. The number of nitrogens with zero attached hydrogens (tertiary/aromatic N) is 1. The van der Waals surface area contributed by atoms with Crippen molar-refractivity contribution in [2.45, 2.75) is 51.9 Å². The second-order valence-corrected chi connectivity index (χ2v) is 5.68. The number of hydrogen-bond acceptors (Lipinski definition) is 2. The molecule has 17 heavy (non-hydrogen) atoms. The van der Waals surface area contributed by atoms with E-state index in [1.54, 1.807) is 0 Å². The van der Waals surface area contributed by atoms with Gasteiger partial charge in [0.2, 0.25) is 5.91 Å². The van der Waals surface area contributed by atoms with E-state index < -0.39 is 0 Å². The van der Waals surface area contributed by atoms with Gasteiger partial charge in [0.15, 0.2) is 0 Å². The molecule has 0 bridgehead atoms. The first-order chi connectivity index (χ1) is 8.13. The molecule has 1 saturated carbocycles. The maximum absolute atomic E-state index is 12.1. The number of carbonyl (C=O) groups excluding carboxylic acids is 1. The molecule has 1 fully saturated rings. The van der Waals surface area contributed by atoms with E-state index >= 15 is 0 Å². The van der Waals surface area contributed by atoms with E-state index in [1.807, 2.05) is 11.9 Å². The molecule has 2 N–H and O–H groups in total. The molecule has 0 aromatic rings. The average Bonchev–Trinajstić information content (AvgIpc) is 2.57. The highest BCUT2D eigenvalue weighted by Gasteiger charge is 2.19. The van der Waals surface area contributed by atoms with Crippen molar-refractivity contribution in [1.82, 2.24) is 4.90 Å². The summed E-state index contributed by atoms with van der Waals surface area (Å²) >= 11 is 0. The van der Waals surface area contributed by atoms with Gasteiger partial charge in [0.25, 0.3) is 0 Å². The van der Waals surface area contributed by atoms with Gasteiger partial charge in [-0.2, -0.15) is 0 Å². The van der Waals surface area contributed by atoms with Crippen LogP contribution in [0, 0.1) is 11.8 Å². The highest BCUT2D eigenvalue weighted by Crippen LogP contribution is 2.25. The van der Waals surface area contributed by atoms with Crippen LogP contribution in [0.4, 0.5) is 0 Å². The molecule has 0 spiro atoms. The van der Waals surface area contributed by atoms with Crippen LogP contribution in [0.3, 0.4) is 0 Å². The quantitative estimate of drug-likeness (QED) is 0.750. The van der Waals surface area contributed by atoms with Crippen molar-refractivity contribution in [2.75, 3.05) is 20.1 Å². The first kappa shape index (κ1) is 14.5. The van der Waals surface area contributed by atoms with Crippen molar-refractivity contribution in [3.05, 3.63) is 0 Å². The lowest BCUT2D eigenvalue weighted by molar-refractivity contribution is -0.131. The van der Waals surface area contributed by atoms with Crippen LogP contribution in [-0.2, 0) is 4.79 Å².